The molecule has 1 fully saturated rings. The van der Waals surface area contributed by atoms with Gasteiger partial charge in [-0.25, -0.2) is 4.98 Å². The Hall–Kier alpha value is -2.15. The molecule has 6 nitrogen and oxygen atoms in total. The maximum Gasteiger partial charge on any atom is 0.154 e. The molecular formula is C18H21ClN6. The van der Waals surface area contributed by atoms with E-state index < -0.39 is 0 Å². The first-order chi connectivity index (χ1) is 12.3. The van der Waals surface area contributed by atoms with Gasteiger partial charge in [-0.1, -0.05) is 11.6 Å². The summed E-state index contributed by atoms with van der Waals surface area (Å²) in [6.45, 7) is 5.95. The van der Waals surface area contributed by atoms with E-state index in [0.29, 0.717) is 5.02 Å². The van der Waals surface area contributed by atoms with E-state index in [-0.39, 0.29) is 0 Å². The minimum atomic E-state index is 0.691. The van der Waals surface area contributed by atoms with E-state index in [1.165, 1.54) is 0 Å². The van der Waals surface area contributed by atoms with Gasteiger partial charge in [-0.05, 0) is 30.3 Å². The lowest BCUT2D eigenvalue weighted by atomic mass is 10.1. The van der Waals surface area contributed by atoms with Crippen molar-refractivity contribution in [3.8, 4) is 0 Å². The van der Waals surface area contributed by atoms with Crippen LogP contribution < -0.4 is 16.0 Å². The summed E-state index contributed by atoms with van der Waals surface area (Å²) in [5.74, 6) is 1.62. The van der Waals surface area contributed by atoms with Gasteiger partial charge >= 0.3 is 0 Å². The SMILES string of the molecule is Clc1ccc2c(c1)C(=NCCN1CCNCC1)Nc1cccnc1N2. The molecule has 7 heteroatoms. The lowest BCUT2D eigenvalue weighted by Crippen LogP contribution is -2.44. The van der Waals surface area contributed by atoms with Gasteiger partial charge in [0, 0.05) is 49.5 Å². The molecule has 2 aliphatic rings. The first-order valence-electron chi connectivity index (χ1n) is 8.56. The minimum absolute atomic E-state index is 0.691. The molecule has 3 heterocycles. The van der Waals surface area contributed by atoms with Gasteiger partial charge < -0.3 is 16.0 Å². The number of pyridine rings is 1. The molecule has 0 radical (unpaired) electrons. The number of amidine groups is 1. The summed E-state index contributed by atoms with van der Waals surface area (Å²) in [6, 6.07) is 9.69. The number of aromatic nitrogens is 1. The van der Waals surface area contributed by atoms with Gasteiger partial charge in [0.25, 0.3) is 0 Å². The number of anilines is 3. The second-order valence-electron chi connectivity index (χ2n) is 6.16. The highest BCUT2D eigenvalue weighted by Gasteiger charge is 2.18. The number of hydrogen-bond donors (Lipinski definition) is 3. The second kappa shape index (κ2) is 7.39. The second-order valence-corrected chi connectivity index (χ2v) is 6.60. The number of piperazine rings is 1. The molecule has 4 rings (SSSR count). The van der Waals surface area contributed by atoms with E-state index in [4.69, 9.17) is 16.6 Å². The van der Waals surface area contributed by atoms with Crippen molar-refractivity contribution in [3.05, 3.63) is 47.1 Å². The Kier molecular flexibility index (Phi) is 4.83. The number of halogens is 1. The number of benzene rings is 1. The van der Waals surface area contributed by atoms with Crippen molar-refractivity contribution < 1.29 is 0 Å². The molecule has 0 unspecified atom stereocenters. The van der Waals surface area contributed by atoms with Gasteiger partial charge in [-0.3, -0.25) is 9.89 Å². The summed E-state index contributed by atoms with van der Waals surface area (Å²) in [5.41, 5.74) is 2.83. The molecule has 0 amide bonds. The van der Waals surface area contributed by atoms with E-state index in [1.807, 2.05) is 30.3 Å². The maximum atomic E-state index is 6.22. The molecule has 25 heavy (non-hydrogen) atoms. The summed E-state index contributed by atoms with van der Waals surface area (Å²) >= 11 is 6.22. The number of nitrogens with zero attached hydrogens (tertiary/aromatic N) is 3. The highest BCUT2D eigenvalue weighted by Crippen LogP contribution is 2.31. The molecule has 0 atom stereocenters. The zero-order chi connectivity index (χ0) is 17.1. The van der Waals surface area contributed by atoms with Gasteiger partial charge in [0.15, 0.2) is 5.82 Å². The third kappa shape index (κ3) is 3.76. The zero-order valence-corrected chi connectivity index (χ0v) is 14.7. The van der Waals surface area contributed by atoms with Crippen LogP contribution in [0.5, 0.6) is 0 Å². The average Bonchev–Trinajstić information content (AvgIpc) is 2.79. The Morgan fingerprint density at radius 3 is 2.88 bits per heavy atom. The lowest BCUT2D eigenvalue weighted by Gasteiger charge is -2.26. The van der Waals surface area contributed by atoms with Gasteiger partial charge in [-0.15, -0.1) is 0 Å². The molecule has 0 saturated carbocycles. The smallest absolute Gasteiger partial charge is 0.154 e. The number of rotatable bonds is 3. The van der Waals surface area contributed by atoms with Gasteiger partial charge in [0.2, 0.25) is 0 Å². The van der Waals surface area contributed by atoms with Crippen LogP contribution in [-0.4, -0.2) is 55.0 Å². The molecular weight excluding hydrogens is 336 g/mol. The average molecular weight is 357 g/mol. The van der Waals surface area contributed by atoms with Crippen molar-refractivity contribution in [1.82, 2.24) is 15.2 Å². The Labute approximate surface area is 152 Å². The fraction of sp³-hybridized carbons (Fsp3) is 0.333. The van der Waals surface area contributed by atoms with Crippen LogP contribution in [0.4, 0.5) is 17.2 Å². The van der Waals surface area contributed by atoms with Gasteiger partial charge in [0.1, 0.15) is 5.84 Å². The van der Waals surface area contributed by atoms with Crippen LogP contribution in [0.1, 0.15) is 5.56 Å². The number of nitrogens with one attached hydrogen (secondary N) is 3. The standard InChI is InChI=1S/C18H21ClN6/c19-13-3-4-15-14(12-13)17(22-8-11-25-9-6-20-7-10-25)24-16-2-1-5-21-18(16)23-15/h1-5,12,20H,6-11H2,(H,21,23)(H,22,24). The van der Waals surface area contributed by atoms with Crippen molar-refractivity contribution in [3.63, 3.8) is 0 Å². The van der Waals surface area contributed by atoms with Crippen LogP contribution in [0.3, 0.4) is 0 Å². The number of aliphatic imine (C=N–C) groups is 1. The molecule has 0 bridgehead atoms. The third-order valence-electron chi connectivity index (χ3n) is 4.45. The van der Waals surface area contributed by atoms with E-state index in [1.54, 1.807) is 6.20 Å². The third-order valence-corrected chi connectivity index (χ3v) is 4.68. The van der Waals surface area contributed by atoms with Crippen LogP contribution in [0.2, 0.25) is 5.02 Å². The van der Waals surface area contributed by atoms with Crippen molar-refractivity contribution in [2.45, 2.75) is 0 Å². The predicted molar refractivity (Wildman–Crippen MR) is 103 cm³/mol. The van der Waals surface area contributed by atoms with Crippen molar-refractivity contribution in [1.29, 1.82) is 0 Å². The number of hydrogen-bond acceptors (Lipinski definition) is 5. The quantitative estimate of drug-likeness (QED) is 0.788. The summed E-state index contributed by atoms with van der Waals surface area (Å²) in [6.07, 6.45) is 1.77. The summed E-state index contributed by atoms with van der Waals surface area (Å²) in [4.78, 5) is 11.7. The van der Waals surface area contributed by atoms with E-state index >= 15 is 0 Å². The molecule has 1 aromatic carbocycles. The Balaban J connectivity index is 1.60. The minimum Gasteiger partial charge on any atom is -0.338 e. The number of fused-ring (bicyclic) bond motifs is 2. The topological polar surface area (TPSA) is 64.6 Å². The Morgan fingerprint density at radius 2 is 2.00 bits per heavy atom. The van der Waals surface area contributed by atoms with Crippen LogP contribution in [0.15, 0.2) is 41.5 Å². The fourth-order valence-corrected chi connectivity index (χ4v) is 3.28. The maximum absolute atomic E-state index is 6.22. The summed E-state index contributed by atoms with van der Waals surface area (Å²) < 4.78 is 0. The van der Waals surface area contributed by atoms with Crippen molar-refractivity contribution in [2.24, 2.45) is 4.99 Å². The van der Waals surface area contributed by atoms with Gasteiger partial charge in [0.05, 0.1) is 17.9 Å². The normalized spacial score (nSPS) is 18.7. The van der Waals surface area contributed by atoms with Crippen molar-refractivity contribution in [2.75, 3.05) is 49.9 Å². The molecule has 0 spiro atoms. The highest BCUT2D eigenvalue weighted by atomic mass is 35.5. The molecule has 1 saturated heterocycles. The first-order valence-corrected chi connectivity index (χ1v) is 8.94. The van der Waals surface area contributed by atoms with Crippen molar-refractivity contribution >= 4 is 34.6 Å². The lowest BCUT2D eigenvalue weighted by molar-refractivity contribution is 0.247. The van der Waals surface area contributed by atoms with Crippen LogP contribution in [-0.2, 0) is 0 Å². The molecule has 0 aliphatic carbocycles. The fourth-order valence-electron chi connectivity index (χ4n) is 3.11. The monoisotopic (exact) mass is 356 g/mol. The molecule has 2 aliphatic heterocycles. The van der Waals surface area contributed by atoms with Crippen LogP contribution in [0.25, 0.3) is 0 Å². The highest BCUT2D eigenvalue weighted by molar-refractivity contribution is 6.31. The van der Waals surface area contributed by atoms with E-state index in [9.17, 15) is 0 Å². The Bertz CT molecular complexity index is 785. The van der Waals surface area contributed by atoms with E-state index in [0.717, 1.165) is 67.9 Å². The zero-order valence-electron chi connectivity index (χ0n) is 13.9. The molecule has 2 aromatic rings. The van der Waals surface area contributed by atoms with Gasteiger partial charge in [-0.2, -0.15) is 0 Å². The molecule has 1 aromatic heterocycles. The summed E-state index contributed by atoms with van der Waals surface area (Å²) in [7, 11) is 0. The van der Waals surface area contributed by atoms with Crippen LogP contribution in [0, 0.1) is 0 Å². The molecule has 3 N–H and O–H groups in total. The largest absolute Gasteiger partial charge is 0.338 e. The Morgan fingerprint density at radius 1 is 1.12 bits per heavy atom. The van der Waals surface area contributed by atoms with Crippen LogP contribution >= 0.6 is 11.6 Å². The molecule has 130 valence electrons. The summed E-state index contributed by atoms with van der Waals surface area (Å²) in [5, 5.41) is 10.8. The predicted octanol–water partition coefficient (Wildman–Crippen LogP) is 2.56. The van der Waals surface area contributed by atoms with E-state index in [2.05, 4.69) is 25.8 Å². The first kappa shape index (κ1) is 16.3.